The van der Waals surface area contributed by atoms with Crippen molar-refractivity contribution in [3.8, 4) is 0 Å². The summed E-state index contributed by atoms with van der Waals surface area (Å²) in [5, 5.41) is 15.1. The Bertz CT molecular complexity index is 408. The number of hydrogen-bond acceptors (Lipinski definition) is 2. The van der Waals surface area contributed by atoms with Crippen LogP contribution in [0.25, 0.3) is 0 Å². The van der Waals surface area contributed by atoms with Gasteiger partial charge in [-0.25, -0.2) is 0 Å². The van der Waals surface area contributed by atoms with Gasteiger partial charge in [0.25, 0.3) is 0 Å². The molecule has 0 amide bonds. The summed E-state index contributed by atoms with van der Waals surface area (Å²) < 4.78 is 0. The van der Waals surface area contributed by atoms with Crippen molar-refractivity contribution < 1.29 is 0 Å². The Balaban J connectivity index is 2.47. The fourth-order valence-electron chi connectivity index (χ4n) is 1.47. The molecule has 0 fully saturated rings. The van der Waals surface area contributed by atoms with Crippen LogP contribution in [-0.4, -0.2) is 47.3 Å². The number of aromatic nitrogens is 1. The normalized spacial score (nSPS) is 10.1. The molecule has 1 aromatic heterocycles. The molecule has 6 nitrogen and oxygen atoms in total. The maximum Gasteiger partial charge on any atom is 0.200 e. The van der Waals surface area contributed by atoms with Crippen LogP contribution in [0.3, 0.4) is 0 Å². The van der Waals surface area contributed by atoms with Crippen molar-refractivity contribution >= 4 is 11.9 Å². The van der Waals surface area contributed by atoms with E-state index in [0.717, 1.165) is 17.8 Å². The van der Waals surface area contributed by atoms with E-state index in [-0.39, 0.29) is 11.9 Å². The highest BCUT2D eigenvalue weighted by atomic mass is 15.4. The fraction of sp³-hybridized carbons (Fsp3) is 0.455. The van der Waals surface area contributed by atoms with Crippen LogP contribution < -0.4 is 5.73 Å². The second kappa shape index (κ2) is 5.38. The molecule has 0 aliphatic heterocycles. The van der Waals surface area contributed by atoms with Crippen LogP contribution in [0.5, 0.6) is 0 Å². The molecule has 0 aromatic carbocycles. The molecule has 5 N–H and O–H groups in total. The average Bonchev–Trinajstić information content (AvgIpc) is 2.69. The van der Waals surface area contributed by atoms with Gasteiger partial charge in [0.2, 0.25) is 0 Å². The molecule has 0 atom stereocenters. The average molecular weight is 236 g/mol. The Kier molecular flexibility index (Phi) is 4.14. The lowest BCUT2D eigenvalue weighted by atomic mass is 10.3. The van der Waals surface area contributed by atoms with E-state index in [0.29, 0.717) is 6.54 Å². The molecule has 0 bridgehead atoms. The van der Waals surface area contributed by atoms with Crippen LogP contribution in [0.2, 0.25) is 0 Å². The number of aryl methyl sites for hydroxylation is 1. The second-order valence-electron chi connectivity index (χ2n) is 4.11. The molecule has 17 heavy (non-hydrogen) atoms. The van der Waals surface area contributed by atoms with Gasteiger partial charge in [-0.3, -0.25) is 15.7 Å². The third-order valence-electron chi connectivity index (χ3n) is 2.65. The van der Waals surface area contributed by atoms with Crippen LogP contribution in [0.4, 0.5) is 0 Å². The van der Waals surface area contributed by atoms with Gasteiger partial charge in [0.1, 0.15) is 0 Å². The zero-order valence-corrected chi connectivity index (χ0v) is 10.5. The summed E-state index contributed by atoms with van der Waals surface area (Å²) in [6.07, 6.45) is 0.832. The first-order valence-electron chi connectivity index (χ1n) is 5.43. The van der Waals surface area contributed by atoms with Crippen molar-refractivity contribution in [3.05, 3.63) is 23.5 Å². The first kappa shape index (κ1) is 13.1. The molecule has 0 saturated heterocycles. The van der Waals surface area contributed by atoms with Crippen LogP contribution in [0.1, 0.15) is 11.4 Å². The molecule has 94 valence electrons. The monoisotopic (exact) mass is 236 g/mol. The van der Waals surface area contributed by atoms with Gasteiger partial charge in [-0.05, 0) is 19.1 Å². The molecule has 1 aromatic rings. The van der Waals surface area contributed by atoms with Gasteiger partial charge >= 0.3 is 0 Å². The Morgan fingerprint density at radius 2 is 2.00 bits per heavy atom. The van der Waals surface area contributed by atoms with E-state index in [1.165, 1.54) is 4.90 Å². The van der Waals surface area contributed by atoms with Crippen molar-refractivity contribution in [2.45, 2.75) is 13.3 Å². The SMILES string of the molecule is Cc1ccc(CCN(C)C(=N)N(C)C(=N)N)[nH]1. The molecule has 0 saturated carbocycles. The van der Waals surface area contributed by atoms with Gasteiger partial charge < -0.3 is 15.6 Å². The topological polar surface area (TPSA) is 96.0 Å². The summed E-state index contributed by atoms with van der Waals surface area (Å²) in [5.41, 5.74) is 7.60. The van der Waals surface area contributed by atoms with Crippen LogP contribution in [-0.2, 0) is 6.42 Å². The number of aromatic amines is 1. The first-order chi connectivity index (χ1) is 7.91. The molecular formula is C11H20N6. The number of guanidine groups is 2. The molecule has 0 aliphatic rings. The number of rotatable bonds is 3. The molecule has 0 aliphatic carbocycles. The molecule has 1 heterocycles. The highest BCUT2D eigenvalue weighted by molar-refractivity contribution is 5.94. The molecule has 1 rings (SSSR count). The van der Waals surface area contributed by atoms with Crippen molar-refractivity contribution in [3.63, 3.8) is 0 Å². The quantitative estimate of drug-likeness (QED) is 0.456. The highest BCUT2D eigenvalue weighted by Crippen LogP contribution is 2.02. The summed E-state index contributed by atoms with van der Waals surface area (Å²) in [4.78, 5) is 6.34. The third kappa shape index (κ3) is 3.51. The molecule has 6 heteroatoms. The van der Waals surface area contributed by atoms with Gasteiger partial charge in [0.05, 0.1) is 0 Å². The number of nitrogens with one attached hydrogen (secondary N) is 3. The van der Waals surface area contributed by atoms with Gasteiger partial charge in [0, 0.05) is 38.4 Å². The number of H-pyrrole nitrogens is 1. The molecule has 0 radical (unpaired) electrons. The Morgan fingerprint density at radius 3 is 2.47 bits per heavy atom. The number of nitrogens with zero attached hydrogens (tertiary/aromatic N) is 2. The van der Waals surface area contributed by atoms with Gasteiger partial charge in [-0.15, -0.1) is 0 Å². The number of likely N-dealkylation sites (N-methyl/N-ethyl adjacent to an activating group) is 1. The fourth-order valence-corrected chi connectivity index (χ4v) is 1.47. The van der Waals surface area contributed by atoms with Gasteiger partial charge in [-0.2, -0.15) is 0 Å². The summed E-state index contributed by atoms with van der Waals surface area (Å²) in [6.45, 7) is 2.72. The Hall–Kier alpha value is -1.98. The second-order valence-corrected chi connectivity index (χ2v) is 4.11. The lowest BCUT2D eigenvalue weighted by Crippen LogP contribution is -2.46. The van der Waals surface area contributed by atoms with E-state index in [2.05, 4.69) is 4.98 Å². The first-order valence-corrected chi connectivity index (χ1v) is 5.43. The third-order valence-corrected chi connectivity index (χ3v) is 2.65. The minimum Gasteiger partial charge on any atom is -0.370 e. The van der Waals surface area contributed by atoms with E-state index in [1.807, 2.05) is 26.1 Å². The number of nitrogens with two attached hydrogens (primary N) is 1. The predicted octanol–water partition coefficient (Wildman–Crippen LogP) is 0.557. The van der Waals surface area contributed by atoms with Crippen molar-refractivity contribution in [1.29, 1.82) is 10.8 Å². The van der Waals surface area contributed by atoms with E-state index in [4.69, 9.17) is 16.6 Å². The van der Waals surface area contributed by atoms with E-state index < -0.39 is 0 Å². The summed E-state index contributed by atoms with van der Waals surface area (Å²) in [7, 11) is 3.43. The largest absolute Gasteiger partial charge is 0.370 e. The van der Waals surface area contributed by atoms with Gasteiger partial charge in [0.15, 0.2) is 11.9 Å². The summed E-state index contributed by atoms with van der Waals surface area (Å²) in [6, 6.07) is 4.07. The van der Waals surface area contributed by atoms with E-state index in [1.54, 1.807) is 11.9 Å². The van der Waals surface area contributed by atoms with Crippen LogP contribution in [0.15, 0.2) is 12.1 Å². The zero-order valence-electron chi connectivity index (χ0n) is 10.5. The minimum absolute atomic E-state index is 0.127. The maximum absolute atomic E-state index is 7.82. The molecule has 0 unspecified atom stereocenters. The zero-order chi connectivity index (χ0) is 13.0. The van der Waals surface area contributed by atoms with Crippen LogP contribution >= 0.6 is 0 Å². The van der Waals surface area contributed by atoms with Crippen molar-refractivity contribution in [2.75, 3.05) is 20.6 Å². The van der Waals surface area contributed by atoms with E-state index >= 15 is 0 Å². The molecule has 0 spiro atoms. The standard InChI is InChI=1S/C11H20N6/c1-8-4-5-9(15-8)6-7-16(2)11(14)17(3)10(12)13/h4-5,14-15H,6-7H2,1-3H3,(H3,12,13). The molecular weight excluding hydrogens is 216 g/mol. The highest BCUT2D eigenvalue weighted by Gasteiger charge is 2.11. The maximum atomic E-state index is 7.82. The Labute approximate surface area is 101 Å². The number of hydrogen-bond donors (Lipinski definition) is 4. The van der Waals surface area contributed by atoms with E-state index in [9.17, 15) is 0 Å². The smallest absolute Gasteiger partial charge is 0.200 e. The van der Waals surface area contributed by atoms with Crippen LogP contribution in [0, 0.1) is 17.7 Å². The summed E-state index contributed by atoms with van der Waals surface area (Å²) in [5.74, 6) is 0.0957. The van der Waals surface area contributed by atoms with Crippen molar-refractivity contribution in [2.24, 2.45) is 5.73 Å². The minimum atomic E-state index is -0.127. The summed E-state index contributed by atoms with van der Waals surface area (Å²) >= 11 is 0. The predicted molar refractivity (Wildman–Crippen MR) is 69.3 cm³/mol. The Morgan fingerprint density at radius 1 is 1.35 bits per heavy atom. The lowest BCUT2D eigenvalue weighted by Gasteiger charge is -2.26. The van der Waals surface area contributed by atoms with Crippen molar-refractivity contribution in [1.82, 2.24) is 14.8 Å². The van der Waals surface area contributed by atoms with Gasteiger partial charge in [-0.1, -0.05) is 0 Å². The lowest BCUT2D eigenvalue weighted by molar-refractivity contribution is 0.447.